The molecule has 5 nitrogen and oxygen atoms in total. The number of hydrogen-bond acceptors (Lipinski definition) is 5. The van der Waals surface area contributed by atoms with Crippen LogP contribution in [0.25, 0.3) is 11.5 Å². The summed E-state index contributed by atoms with van der Waals surface area (Å²) in [6.07, 6.45) is 3.75. The maximum absolute atomic E-state index is 12.3. The second-order valence-electron chi connectivity index (χ2n) is 5.99. The summed E-state index contributed by atoms with van der Waals surface area (Å²) in [6.45, 7) is 1.99. The van der Waals surface area contributed by atoms with E-state index in [1.807, 2.05) is 42.3 Å². The summed E-state index contributed by atoms with van der Waals surface area (Å²) >= 11 is 1.59. The minimum atomic E-state index is 0. The van der Waals surface area contributed by atoms with Gasteiger partial charge in [-0.25, -0.2) is 4.98 Å². The van der Waals surface area contributed by atoms with Crippen molar-refractivity contribution in [3.63, 3.8) is 0 Å². The van der Waals surface area contributed by atoms with E-state index >= 15 is 0 Å². The lowest BCUT2D eigenvalue weighted by atomic mass is 10.1. The summed E-state index contributed by atoms with van der Waals surface area (Å²) in [7, 11) is 1.92. The van der Waals surface area contributed by atoms with E-state index < -0.39 is 0 Å². The van der Waals surface area contributed by atoms with E-state index in [4.69, 9.17) is 4.42 Å². The number of amides is 1. The largest absolute Gasteiger partial charge is 0.444 e. The Kier molecular flexibility index (Phi) is 7.81. The van der Waals surface area contributed by atoms with Gasteiger partial charge >= 0.3 is 0 Å². The zero-order valence-corrected chi connectivity index (χ0v) is 15.9. The van der Waals surface area contributed by atoms with Crippen LogP contribution in [0.3, 0.4) is 0 Å². The van der Waals surface area contributed by atoms with E-state index in [9.17, 15) is 4.79 Å². The molecule has 0 radical (unpaired) electrons. The molecule has 0 saturated carbocycles. The highest BCUT2D eigenvalue weighted by Crippen LogP contribution is 2.21. The van der Waals surface area contributed by atoms with Gasteiger partial charge in [0.25, 0.3) is 0 Å². The predicted octanol–water partition coefficient (Wildman–Crippen LogP) is 3.21. The standard InChI is InChI=1S/C18H23N3O2S.ClH/c1-21(16-7-9-19-10-8-16)17(22)13-24-12-15-11-23-18(20-15)14-5-3-2-4-6-14;/h2-6,11,16,19H,7-10,12-13H2,1H3;1H. The molecule has 1 N–H and O–H groups in total. The molecule has 0 bridgehead atoms. The fraction of sp³-hybridized carbons (Fsp3) is 0.444. The molecule has 3 rings (SSSR count). The van der Waals surface area contributed by atoms with Gasteiger partial charge in [0.2, 0.25) is 11.8 Å². The number of nitrogens with zero attached hydrogens (tertiary/aromatic N) is 2. The van der Waals surface area contributed by atoms with Crippen LogP contribution in [0.15, 0.2) is 41.0 Å². The van der Waals surface area contributed by atoms with Crippen LogP contribution in [0.5, 0.6) is 0 Å². The number of benzene rings is 1. The first kappa shape index (κ1) is 19.8. The molecular weight excluding hydrogens is 358 g/mol. The number of rotatable bonds is 6. The average molecular weight is 382 g/mol. The number of aromatic nitrogens is 1. The van der Waals surface area contributed by atoms with Crippen LogP contribution in [-0.2, 0) is 10.5 Å². The van der Waals surface area contributed by atoms with Gasteiger partial charge in [-0.15, -0.1) is 24.2 Å². The number of piperidine rings is 1. The lowest BCUT2D eigenvalue weighted by Crippen LogP contribution is -2.44. The third-order valence-electron chi connectivity index (χ3n) is 4.30. The van der Waals surface area contributed by atoms with E-state index in [-0.39, 0.29) is 18.3 Å². The van der Waals surface area contributed by atoms with Gasteiger partial charge in [-0.2, -0.15) is 0 Å². The van der Waals surface area contributed by atoms with Crippen molar-refractivity contribution in [3.8, 4) is 11.5 Å². The molecule has 7 heteroatoms. The van der Waals surface area contributed by atoms with E-state index in [0.717, 1.165) is 37.2 Å². The highest BCUT2D eigenvalue weighted by Gasteiger charge is 2.21. The summed E-state index contributed by atoms with van der Waals surface area (Å²) in [5, 5.41) is 3.33. The number of thioether (sulfide) groups is 1. The van der Waals surface area contributed by atoms with Crippen LogP contribution < -0.4 is 5.32 Å². The molecule has 1 aliphatic heterocycles. The van der Waals surface area contributed by atoms with E-state index in [0.29, 0.717) is 23.4 Å². The smallest absolute Gasteiger partial charge is 0.232 e. The van der Waals surface area contributed by atoms with Gasteiger partial charge in [-0.3, -0.25) is 4.79 Å². The summed E-state index contributed by atoms with van der Waals surface area (Å²) in [4.78, 5) is 18.7. The Bertz CT molecular complexity index is 659. The molecule has 1 aliphatic rings. The topological polar surface area (TPSA) is 58.4 Å². The lowest BCUT2D eigenvalue weighted by Gasteiger charge is -2.31. The second kappa shape index (κ2) is 9.85. The Labute approximate surface area is 159 Å². The fourth-order valence-corrected chi connectivity index (χ4v) is 3.65. The van der Waals surface area contributed by atoms with Crippen molar-refractivity contribution in [1.29, 1.82) is 0 Å². The zero-order valence-electron chi connectivity index (χ0n) is 14.3. The van der Waals surface area contributed by atoms with Crippen molar-refractivity contribution in [3.05, 3.63) is 42.3 Å². The van der Waals surface area contributed by atoms with Crippen LogP contribution in [0.2, 0.25) is 0 Å². The summed E-state index contributed by atoms with van der Waals surface area (Å²) in [5.41, 5.74) is 1.84. The quantitative estimate of drug-likeness (QED) is 0.832. The molecule has 0 aliphatic carbocycles. The number of hydrogen-bond donors (Lipinski definition) is 1. The molecule has 1 aromatic heterocycles. The normalized spacial score (nSPS) is 14.8. The fourth-order valence-electron chi connectivity index (χ4n) is 2.83. The van der Waals surface area contributed by atoms with E-state index in [1.165, 1.54) is 0 Å². The summed E-state index contributed by atoms with van der Waals surface area (Å²) in [5.74, 6) is 1.99. The number of halogens is 1. The van der Waals surface area contributed by atoms with Crippen molar-refractivity contribution < 1.29 is 9.21 Å². The first-order valence-electron chi connectivity index (χ1n) is 8.28. The number of carbonyl (C=O) groups is 1. The highest BCUT2D eigenvalue weighted by molar-refractivity contribution is 7.99. The lowest BCUT2D eigenvalue weighted by molar-refractivity contribution is -0.129. The van der Waals surface area contributed by atoms with Gasteiger partial charge in [0.15, 0.2) is 0 Å². The molecule has 0 atom stereocenters. The number of nitrogens with one attached hydrogen (secondary N) is 1. The molecule has 1 amide bonds. The predicted molar refractivity (Wildman–Crippen MR) is 104 cm³/mol. The Hall–Kier alpha value is -1.50. The average Bonchev–Trinajstić information content (AvgIpc) is 3.11. The minimum absolute atomic E-state index is 0. The van der Waals surface area contributed by atoms with Crippen molar-refractivity contribution in [2.75, 3.05) is 25.9 Å². The molecule has 1 aromatic carbocycles. The van der Waals surface area contributed by atoms with Gasteiger partial charge in [0, 0.05) is 24.4 Å². The van der Waals surface area contributed by atoms with Crippen molar-refractivity contribution in [2.24, 2.45) is 0 Å². The molecule has 1 saturated heterocycles. The Morgan fingerprint density at radius 3 is 2.76 bits per heavy atom. The first-order valence-corrected chi connectivity index (χ1v) is 9.43. The van der Waals surface area contributed by atoms with Crippen molar-refractivity contribution in [1.82, 2.24) is 15.2 Å². The van der Waals surface area contributed by atoms with Crippen LogP contribution in [0, 0.1) is 0 Å². The maximum atomic E-state index is 12.3. The second-order valence-corrected chi connectivity index (χ2v) is 6.97. The van der Waals surface area contributed by atoms with Gasteiger partial charge in [-0.05, 0) is 38.1 Å². The van der Waals surface area contributed by atoms with Crippen molar-refractivity contribution >= 4 is 30.1 Å². The zero-order chi connectivity index (χ0) is 16.8. The third-order valence-corrected chi connectivity index (χ3v) is 5.25. The third kappa shape index (κ3) is 5.49. The van der Waals surface area contributed by atoms with Gasteiger partial charge in [-0.1, -0.05) is 18.2 Å². The molecular formula is C18H24ClN3O2S. The molecule has 0 unspecified atom stereocenters. The molecule has 0 spiro atoms. The monoisotopic (exact) mass is 381 g/mol. The van der Waals surface area contributed by atoms with Crippen LogP contribution in [-0.4, -0.2) is 47.7 Å². The maximum Gasteiger partial charge on any atom is 0.232 e. The van der Waals surface area contributed by atoms with E-state index in [2.05, 4.69) is 10.3 Å². The number of oxazole rings is 1. The van der Waals surface area contributed by atoms with Gasteiger partial charge < -0.3 is 14.6 Å². The molecule has 1 fully saturated rings. The summed E-state index contributed by atoms with van der Waals surface area (Å²) in [6, 6.07) is 10.2. The Balaban J connectivity index is 0.00000225. The van der Waals surface area contributed by atoms with Crippen LogP contribution in [0.4, 0.5) is 0 Å². The van der Waals surface area contributed by atoms with E-state index in [1.54, 1.807) is 18.0 Å². The SMILES string of the molecule is CN(C(=O)CSCc1coc(-c2ccccc2)n1)C1CCNCC1.Cl. The molecule has 25 heavy (non-hydrogen) atoms. The van der Waals surface area contributed by atoms with Crippen molar-refractivity contribution in [2.45, 2.75) is 24.6 Å². The first-order chi connectivity index (χ1) is 11.7. The molecule has 2 heterocycles. The molecule has 2 aromatic rings. The highest BCUT2D eigenvalue weighted by atomic mass is 35.5. The summed E-state index contributed by atoms with van der Waals surface area (Å²) < 4.78 is 5.52. The minimum Gasteiger partial charge on any atom is -0.444 e. The molecule has 136 valence electrons. The van der Waals surface area contributed by atoms with Crippen LogP contribution >= 0.6 is 24.2 Å². The Morgan fingerprint density at radius 2 is 2.04 bits per heavy atom. The van der Waals surface area contributed by atoms with Crippen LogP contribution in [0.1, 0.15) is 18.5 Å². The number of carbonyl (C=O) groups excluding carboxylic acids is 1. The van der Waals surface area contributed by atoms with Gasteiger partial charge in [0.05, 0.1) is 11.4 Å². The Morgan fingerprint density at radius 1 is 1.32 bits per heavy atom. The van der Waals surface area contributed by atoms with Gasteiger partial charge in [0.1, 0.15) is 6.26 Å².